The van der Waals surface area contributed by atoms with Crippen LogP contribution in [0.4, 0.5) is 0 Å². The van der Waals surface area contributed by atoms with Gasteiger partial charge >= 0.3 is 0 Å². The lowest BCUT2D eigenvalue weighted by molar-refractivity contribution is 0.0320. The third-order valence-corrected chi connectivity index (χ3v) is 3.95. The van der Waals surface area contributed by atoms with Crippen molar-refractivity contribution in [3.8, 4) is 0 Å². The lowest BCUT2D eigenvalue weighted by atomic mass is 10.1. The number of aliphatic imine (C=N–C) groups is 1. The Bertz CT molecular complexity index is 485. The van der Waals surface area contributed by atoms with E-state index in [0.717, 1.165) is 51.9 Å². The fourth-order valence-electron chi connectivity index (χ4n) is 2.73. The number of ether oxygens (including phenoxy) is 1. The third kappa shape index (κ3) is 7.85. The van der Waals surface area contributed by atoms with Crippen molar-refractivity contribution in [2.24, 2.45) is 18.0 Å². The molecular weight excluding hydrogens is 417 g/mol. The predicted molar refractivity (Wildman–Crippen MR) is 110 cm³/mol. The van der Waals surface area contributed by atoms with Crippen molar-refractivity contribution in [3.05, 3.63) is 24.0 Å². The number of aromatic nitrogens is 1. The van der Waals surface area contributed by atoms with E-state index in [1.807, 2.05) is 7.05 Å². The number of nitrogens with zero attached hydrogens (tertiary/aromatic N) is 3. The first-order chi connectivity index (χ1) is 11.2. The maximum atomic E-state index is 5.40. The Hall–Kier alpha value is -0.800. The molecule has 0 bridgehead atoms. The van der Waals surface area contributed by atoms with E-state index < -0.39 is 0 Å². The average molecular weight is 449 g/mol. The smallest absolute Gasteiger partial charge is 0.191 e. The summed E-state index contributed by atoms with van der Waals surface area (Å²) in [5, 5.41) is 6.78. The van der Waals surface area contributed by atoms with Crippen LogP contribution in [0.2, 0.25) is 0 Å². The van der Waals surface area contributed by atoms with E-state index in [1.54, 1.807) is 0 Å². The Morgan fingerprint density at radius 1 is 1.33 bits per heavy atom. The lowest BCUT2D eigenvalue weighted by Crippen LogP contribution is -2.44. The molecule has 1 atom stereocenters. The molecule has 2 heterocycles. The molecule has 2 rings (SSSR count). The summed E-state index contributed by atoms with van der Waals surface area (Å²) in [6.07, 6.45) is 4.16. The van der Waals surface area contributed by atoms with Gasteiger partial charge in [-0.2, -0.15) is 0 Å². The van der Waals surface area contributed by atoms with Crippen molar-refractivity contribution in [1.29, 1.82) is 0 Å². The molecule has 0 aliphatic carbocycles. The van der Waals surface area contributed by atoms with Crippen LogP contribution in [0.15, 0.2) is 23.5 Å². The molecule has 0 aromatic carbocycles. The largest absolute Gasteiger partial charge is 0.379 e. The molecule has 0 amide bonds. The van der Waals surface area contributed by atoms with Crippen molar-refractivity contribution >= 4 is 29.9 Å². The molecule has 24 heavy (non-hydrogen) atoms. The van der Waals surface area contributed by atoms with Gasteiger partial charge in [-0.3, -0.25) is 4.90 Å². The molecule has 1 fully saturated rings. The Kier molecular flexibility index (Phi) is 10.4. The van der Waals surface area contributed by atoms with Crippen LogP contribution in [-0.4, -0.2) is 61.4 Å². The minimum Gasteiger partial charge on any atom is -0.379 e. The average Bonchev–Trinajstić information content (AvgIpc) is 2.96. The molecule has 1 aromatic rings. The van der Waals surface area contributed by atoms with E-state index in [0.29, 0.717) is 12.5 Å². The van der Waals surface area contributed by atoms with Gasteiger partial charge in [-0.1, -0.05) is 6.92 Å². The number of guanidine groups is 1. The fraction of sp³-hybridized carbons (Fsp3) is 0.706. The van der Waals surface area contributed by atoms with Gasteiger partial charge in [0.05, 0.1) is 19.8 Å². The lowest BCUT2D eigenvalue weighted by Gasteiger charge is -2.29. The van der Waals surface area contributed by atoms with Gasteiger partial charge < -0.3 is 19.9 Å². The highest BCUT2D eigenvalue weighted by atomic mass is 127. The monoisotopic (exact) mass is 449 g/mol. The van der Waals surface area contributed by atoms with Crippen molar-refractivity contribution in [3.63, 3.8) is 0 Å². The molecule has 0 spiro atoms. The van der Waals surface area contributed by atoms with E-state index in [9.17, 15) is 0 Å². The standard InChI is InChI=1S/C17H31N5O.HI/c1-4-18-17(20-12-16-5-6-21(3)14-16)19-11-15(2)13-22-7-9-23-10-8-22;/h5-6,14-15H,4,7-13H2,1-3H3,(H2,18,19,20);1H. The molecule has 1 aliphatic rings. The Labute approximate surface area is 163 Å². The highest BCUT2D eigenvalue weighted by molar-refractivity contribution is 14.0. The molecule has 138 valence electrons. The number of halogens is 1. The second kappa shape index (κ2) is 11.7. The number of hydrogen-bond acceptors (Lipinski definition) is 3. The predicted octanol–water partition coefficient (Wildman–Crippen LogP) is 1.67. The van der Waals surface area contributed by atoms with Gasteiger partial charge in [-0.25, -0.2) is 4.99 Å². The molecule has 1 saturated heterocycles. The summed E-state index contributed by atoms with van der Waals surface area (Å²) < 4.78 is 7.45. The van der Waals surface area contributed by atoms with Crippen LogP contribution < -0.4 is 10.6 Å². The highest BCUT2D eigenvalue weighted by Crippen LogP contribution is 2.03. The topological polar surface area (TPSA) is 53.8 Å². The van der Waals surface area contributed by atoms with E-state index >= 15 is 0 Å². The summed E-state index contributed by atoms with van der Waals surface area (Å²) >= 11 is 0. The molecule has 1 aromatic heterocycles. The number of nitrogens with one attached hydrogen (secondary N) is 2. The van der Waals surface area contributed by atoms with E-state index in [1.165, 1.54) is 5.56 Å². The van der Waals surface area contributed by atoms with Crippen molar-refractivity contribution in [2.45, 2.75) is 20.4 Å². The van der Waals surface area contributed by atoms with Gasteiger partial charge in [0.15, 0.2) is 5.96 Å². The van der Waals surface area contributed by atoms with Gasteiger partial charge in [-0.05, 0) is 24.5 Å². The molecular formula is C17H32IN5O. The van der Waals surface area contributed by atoms with Crippen LogP contribution in [0.3, 0.4) is 0 Å². The second-order valence-corrected chi connectivity index (χ2v) is 6.28. The summed E-state index contributed by atoms with van der Waals surface area (Å²) in [5.74, 6) is 1.47. The van der Waals surface area contributed by atoms with Gasteiger partial charge in [0.25, 0.3) is 0 Å². The van der Waals surface area contributed by atoms with Crippen LogP contribution >= 0.6 is 24.0 Å². The molecule has 1 aliphatic heterocycles. The number of rotatable bonds is 7. The molecule has 0 radical (unpaired) electrons. The normalized spacial score (nSPS) is 17.2. The maximum absolute atomic E-state index is 5.40. The van der Waals surface area contributed by atoms with Crippen LogP contribution in [-0.2, 0) is 18.3 Å². The summed E-state index contributed by atoms with van der Waals surface area (Å²) in [6.45, 7) is 11.8. The first-order valence-electron chi connectivity index (χ1n) is 8.60. The van der Waals surface area contributed by atoms with E-state index in [4.69, 9.17) is 4.74 Å². The van der Waals surface area contributed by atoms with Crippen molar-refractivity contribution in [2.75, 3.05) is 45.9 Å². The first kappa shape index (κ1) is 21.2. The molecule has 7 heteroatoms. The Morgan fingerprint density at radius 3 is 2.71 bits per heavy atom. The summed E-state index contributed by atoms with van der Waals surface area (Å²) in [7, 11) is 2.03. The zero-order valence-electron chi connectivity index (χ0n) is 15.1. The Balaban J connectivity index is 0.00000288. The van der Waals surface area contributed by atoms with Crippen LogP contribution in [0.1, 0.15) is 19.4 Å². The van der Waals surface area contributed by atoms with Crippen molar-refractivity contribution < 1.29 is 4.74 Å². The van der Waals surface area contributed by atoms with Gasteiger partial charge in [0.2, 0.25) is 0 Å². The van der Waals surface area contributed by atoms with Gasteiger partial charge in [-0.15, -0.1) is 24.0 Å². The zero-order chi connectivity index (χ0) is 16.5. The van der Waals surface area contributed by atoms with Crippen LogP contribution in [0, 0.1) is 5.92 Å². The molecule has 0 saturated carbocycles. The van der Waals surface area contributed by atoms with Gasteiger partial charge in [0.1, 0.15) is 0 Å². The summed E-state index contributed by atoms with van der Waals surface area (Å²) in [4.78, 5) is 7.14. The minimum absolute atomic E-state index is 0. The molecule has 6 nitrogen and oxygen atoms in total. The van der Waals surface area contributed by atoms with E-state index in [-0.39, 0.29) is 24.0 Å². The number of aryl methyl sites for hydroxylation is 1. The Morgan fingerprint density at radius 2 is 2.08 bits per heavy atom. The zero-order valence-corrected chi connectivity index (χ0v) is 17.5. The number of morpholine rings is 1. The SMILES string of the molecule is CCNC(=NCc1ccn(C)c1)NCC(C)CN1CCOCC1.I. The highest BCUT2D eigenvalue weighted by Gasteiger charge is 2.13. The van der Waals surface area contributed by atoms with E-state index in [2.05, 4.69) is 57.4 Å². The fourth-order valence-corrected chi connectivity index (χ4v) is 2.73. The quantitative estimate of drug-likeness (QED) is 0.378. The minimum atomic E-state index is 0. The molecule has 1 unspecified atom stereocenters. The number of hydrogen-bond donors (Lipinski definition) is 2. The second-order valence-electron chi connectivity index (χ2n) is 6.28. The molecule has 2 N–H and O–H groups in total. The third-order valence-electron chi connectivity index (χ3n) is 3.95. The van der Waals surface area contributed by atoms with Crippen LogP contribution in [0.25, 0.3) is 0 Å². The van der Waals surface area contributed by atoms with Gasteiger partial charge in [0, 0.05) is 52.2 Å². The van der Waals surface area contributed by atoms with Crippen LogP contribution in [0.5, 0.6) is 0 Å². The maximum Gasteiger partial charge on any atom is 0.191 e. The summed E-state index contributed by atoms with van der Waals surface area (Å²) in [5.41, 5.74) is 1.23. The first-order valence-corrected chi connectivity index (χ1v) is 8.60. The van der Waals surface area contributed by atoms with Crippen molar-refractivity contribution in [1.82, 2.24) is 20.1 Å². The summed E-state index contributed by atoms with van der Waals surface area (Å²) in [6, 6.07) is 2.11.